The molecule has 0 aliphatic carbocycles. The molecule has 0 spiro atoms. The summed E-state index contributed by atoms with van der Waals surface area (Å²) >= 11 is 11.2. The Kier molecular flexibility index (Phi) is 12.9. The topological polar surface area (TPSA) is 102 Å². The van der Waals surface area contributed by atoms with Crippen molar-refractivity contribution in [3.63, 3.8) is 0 Å². The molecule has 0 saturated carbocycles. The van der Waals surface area contributed by atoms with Gasteiger partial charge in [-0.3, -0.25) is 30.5 Å². The molecule has 2 amide bonds. The van der Waals surface area contributed by atoms with Crippen molar-refractivity contribution in [2.75, 3.05) is 40.5 Å². The van der Waals surface area contributed by atoms with Crippen molar-refractivity contribution in [2.45, 2.75) is 34.6 Å². The lowest BCUT2D eigenvalue weighted by molar-refractivity contribution is -0.137. The summed E-state index contributed by atoms with van der Waals surface area (Å²) < 4.78 is 22.6. The van der Waals surface area contributed by atoms with Crippen LogP contribution in [0.25, 0.3) is 0 Å². The summed E-state index contributed by atoms with van der Waals surface area (Å²) in [6.07, 6.45) is 0. The Balaban J connectivity index is 2.10. The SMILES string of the molecule is CCOc1ccc(OCC)c(C(=S)N(C)NC(=O)C(C)C(=O)NN(C)C(=S)c2cc(OCC)ccc2OCC)c1. The van der Waals surface area contributed by atoms with Gasteiger partial charge in [0.05, 0.1) is 37.6 Å². The van der Waals surface area contributed by atoms with Crippen molar-refractivity contribution in [1.82, 2.24) is 20.9 Å². The predicted octanol–water partition coefficient (Wildman–Crippen LogP) is 3.89. The van der Waals surface area contributed by atoms with Gasteiger partial charge in [-0.2, -0.15) is 0 Å². The summed E-state index contributed by atoms with van der Waals surface area (Å²) in [5.41, 5.74) is 6.49. The van der Waals surface area contributed by atoms with E-state index in [1.165, 1.54) is 16.9 Å². The van der Waals surface area contributed by atoms with E-state index in [0.29, 0.717) is 70.5 Å². The fourth-order valence-corrected chi connectivity index (χ4v) is 3.94. The van der Waals surface area contributed by atoms with Crippen molar-refractivity contribution in [2.24, 2.45) is 5.92 Å². The quantitative estimate of drug-likeness (QED) is 0.215. The van der Waals surface area contributed by atoms with Gasteiger partial charge in [0.1, 0.15) is 38.9 Å². The number of ether oxygens (including phenoxy) is 4. The van der Waals surface area contributed by atoms with Crippen LogP contribution < -0.4 is 29.8 Å². The highest BCUT2D eigenvalue weighted by Gasteiger charge is 2.26. The molecule has 2 aromatic carbocycles. The second-order valence-corrected chi connectivity index (χ2v) is 9.22. The summed E-state index contributed by atoms with van der Waals surface area (Å²) in [4.78, 5) is 26.5. The first-order valence-corrected chi connectivity index (χ1v) is 13.9. The van der Waals surface area contributed by atoms with E-state index in [1.807, 2.05) is 27.7 Å². The van der Waals surface area contributed by atoms with Gasteiger partial charge in [0.15, 0.2) is 0 Å². The van der Waals surface area contributed by atoms with Gasteiger partial charge in [0.25, 0.3) is 11.8 Å². The van der Waals surface area contributed by atoms with Crippen LogP contribution in [0.1, 0.15) is 45.7 Å². The van der Waals surface area contributed by atoms with E-state index < -0.39 is 17.7 Å². The minimum absolute atomic E-state index is 0.293. The molecule has 0 aliphatic heterocycles. The minimum atomic E-state index is -1.07. The number of nitrogens with one attached hydrogen (secondary N) is 2. The van der Waals surface area contributed by atoms with Crippen LogP contribution in [0.15, 0.2) is 36.4 Å². The Hall–Kier alpha value is -3.64. The van der Waals surface area contributed by atoms with Crippen LogP contribution in [0.3, 0.4) is 0 Å². The Labute approximate surface area is 246 Å². The van der Waals surface area contributed by atoms with Crippen LogP contribution in [-0.2, 0) is 9.59 Å². The monoisotopic (exact) mass is 590 g/mol. The molecule has 2 rings (SSSR count). The average molecular weight is 591 g/mol. The first-order chi connectivity index (χ1) is 19.1. The molecule has 0 saturated heterocycles. The molecular formula is C28H38N4O6S2. The maximum Gasteiger partial charge on any atom is 0.250 e. The molecule has 0 radical (unpaired) electrons. The van der Waals surface area contributed by atoms with Gasteiger partial charge in [0.2, 0.25) is 0 Å². The largest absolute Gasteiger partial charge is 0.494 e. The predicted molar refractivity (Wildman–Crippen MR) is 162 cm³/mol. The molecule has 218 valence electrons. The summed E-state index contributed by atoms with van der Waals surface area (Å²) in [5, 5.41) is 2.74. The van der Waals surface area contributed by atoms with Crippen molar-refractivity contribution >= 4 is 46.2 Å². The number of hydrogen-bond donors (Lipinski definition) is 2. The lowest BCUT2D eigenvalue weighted by Gasteiger charge is -2.26. The van der Waals surface area contributed by atoms with Crippen molar-refractivity contribution in [3.8, 4) is 23.0 Å². The molecule has 0 aliphatic rings. The zero-order valence-electron chi connectivity index (χ0n) is 24.0. The number of benzene rings is 2. The molecule has 0 fully saturated rings. The number of hydrogen-bond acceptors (Lipinski definition) is 8. The van der Waals surface area contributed by atoms with Gasteiger partial charge >= 0.3 is 0 Å². The second kappa shape index (κ2) is 15.8. The summed E-state index contributed by atoms with van der Waals surface area (Å²) in [5.74, 6) is 0.152. The number of thiocarbonyl (C=S) groups is 2. The van der Waals surface area contributed by atoms with E-state index in [2.05, 4.69) is 10.9 Å². The van der Waals surface area contributed by atoms with Crippen molar-refractivity contribution < 1.29 is 28.5 Å². The zero-order valence-corrected chi connectivity index (χ0v) is 25.7. The standard InChI is InChI=1S/C28H38N4O6S2/c1-8-35-19-12-14-23(37-10-3)21(16-19)27(39)31(6)29-25(33)18(5)26(34)30-32(7)28(40)22-17-20(36-9-2)13-15-24(22)38-11-4/h12-18H,8-11H2,1-7H3,(H,29,33)(H,30,34). The lowest BCUT2D eigenvalue weighted by atomic mass is 10.1. The Morgan fingerprint density at radius 2 is 1.05 bits per heavy atom. The Morgan fingerprint density at radius 1 is 0.700 bits per heavy atom. The maximum atomic E-state index is 13.0. The molecule has 2 aromatic rings. The van der Waals surface area contributed by atoms with E-state index in [-0.39, 0.29) is 0 Å². The number of amides is 2. The van der Waals surface area contributed by atoms with Crippen LogP contribution in [0.5, 0.6) is 23.0 Å². The molecule has 12 heteroatoms. The highest BCUT2D eigenvalue weighted by molar-refractivity contribution is 7.81. The first kappa shape index (κ1) is 32.6. The van der Waals surface area contributed by atoms with E-state index in [0.717, 1.165) is 0 Å². The van der Waals surface area contributed by atoms with Crippen LogP contribution in [-0.4, -0.2) is 72.3 Å². The van der Waals surface area contributed by atoms with Crippen LogP contribution >= 0.6 is 24.4 Å². The van der Waals surface area contributed by atoms with Crippen LogP contribution in [0.4, 0.5) is 0 Å². The summed E-state index contributed by atoms with van der Waals surface area (Å²) in [7, 11) is 3.19. The molecule has 10 nitrogen and oxygen atoms in total. The molecular weight excluding hydrogens is 552 g/mol. The zero-order chi connectivity index (χ0) is 29.8. The first-order valence-electron chi connectivity index (χ1n) is 13.0. The molecule has 0 aromatic heterocycles. The molecule has 2 N–H and O–H groups in total. The van der Waals surface area contributed by atoms with Gasteiger partial charge in [-0.25, -0.2) is 0 Å². The fraction of sp³-hybridized carbons (Fsp3) is 0.429. The highest BCUT2D eigenvalue weighted by Crippen LogP contribution is 2.27. The number of nitrogens with zero attached hydrogens (tertiary/aromatic N) is 2. The molecule has 0 unspecified atom stereocenters. The van der Waals surface area contributed by atoms with E-state index in [9.17, 15) is 9.59 Å². The minimum Gasteiger partial charge on any atom is -0.494 e. The smallest absolute Gasteiger partial charge is 0.250 e. The van der Waals surface area contributed by atoms with Crippen LogP contribution in [0, 0.1) is 5.92 Å². The molecule has 40 heavy (non-hydrogen) atoms. The Morgan fingerprint density at radius 3 is 1.38 bits per heavy atom. The third-order valence-electron chi connectivity index (χ3n) is 5.54. The number of carbonyl (C=O) groups is 2. The summed E-state index contributed by atoms with van der Waals surface area (Å²) in [6.45, 7) is 10.8. The molecule has 0 atom stereocenters. The maximum absolute atomic E-state index is 13.0. The van der Waals surface area contributed by atoms with E-state index in [1.54, 1.807) is 50.5 Å². The van der Waals surface area contributed by atoms with E-state index in [4.69, 9.17) is 43.4 Å². The molecule has 0 heterocycles. The average Bonchev–Trinajstić information content (AvgIpc) is 2.93. The summed E-state index contributed by atoms with van der Waals surface area (Å²) in [6, 6.07) is 10.6. The van der Waals surface area contributed by atoms with Gasteiger partial charge < -0.3 is 18.9 Å². The van der Waals surface area contributed by atoms with E-state index >= 15 is 0 Å². The normalized spacial score (nSPS) is 10.4. The molecule has 0 bridgehead atoms. The third kappa shape index (κ3) is 8.68. The highest BCUT2D eigenvalue weighted by atomic mass is 32.1. The van der Waals surface area contributed by atoms with Gasteiger partial charge in [-0.1, -0.05) is 24.4 Å². The number of carbonyl (C=O) groups excluding carboxylic acids is 2. The lowest BCUT2D eigenvalue weighted by Crippen LogP contribution is -2.51. The number of hydrazine groups is 2. The van der Waals surface area contributed by atoms with Gasteiger partial charge in [-0.15, -0.1) is 0 Å². The van der Waals surface area contributed by atoms with Crippen LogP contribution in [0.2, 0.25) is 0 Å². The van der Waals surface area contributed by atoms with Crippen molar-refractivity contribution in [3.05, 3.63) is 47.5 Å². The fourth-order valence-electron chi connectivity index (χ4n) is 3.53. The van der Waals surface area contributed by atoms with Gasteiger partial charge in [-0.05, 0) is 71.0 Å². The van der Waals surface area contributed by atoms with Crippen molar-refractivity contribution in [1.29, 1.82) is 0 Å². The van der Waals surface area contributed by atoms with Gasteiger partial charge in [0, 0.05) is 14.1 Å². The Bertz CT molecular complexity index is 1120. The second-order valence-electron chi connectivity index (χ2n) is 8.45. The number of rotatable bonds is 12. The third-order valence-corrected chi connectivity index (χ3v) is 6.52.